The van der Waals surface area contributed by atoms with Crippen LogP contribution in [0, 0.1) is 0 Å². The van der Waals surface area contributed by atoms with Crippen LogP contribution in [-0.4, -0.2) is 37.7 Å². The van der Waals surface area contributed by atoms with Crippen LogP contribution in [0.5, 0.6) is 0 Å². The van der Waals surface area contributed by atoms with Crippen molar-refractivity contribution in [2.45, 2.75) is 31.7 Å². The molecule has 0 radical (unpaired) electrons. The maximum atomic E-state index is 6.08. The van der Waals surface area contributed by atoms with Crippen LogP contribution < -0.4 is 0 Å². The van der Waals surface area contributed by atoms with Crippen LogP contribution in [-0.2, 0) is 16.1 Å². The number of methoxy groups -OCH3 is 1. The second kappa shape index (κ2) is 8.97. The molecule has 0 aliphatic carbocycles. The molecule has 0 amide bonds. The highest BCUT2D eigenvalue weighted by molar-refractivity contribution is 5.18. The molecule has 3 rings (SSSR count). The van der Waals surface area contributed by atoms with Gasteiger partial charge in [-0.15, -0.1) is 0 Å². The molecule has 0 N–H and O–H groups in total. The summed E-state index contributed by atoms with van der Waals surface area (Å²) in [5.41, 5.74) is 2.51. The summed E-state index contributed by atoms with van der Waals surface area (Å²) in [6, 6.07) is 20.9. The second-order valence-electron chi connectivity index (χ2n) is 6.43. The minimum absolute atomic E-state index is 0.146. The Labute approximate surface area is 145 Å². The Morgan fingerprint density at radius 3 is 2.21 bits per heavy atom. The number of benzene rings is 2. The summed E-state index contributed by atoms with van der Waals surface area (Å²) in [5.74, 6) is 0. The first kappa shape index (κ1) is 17.2. The molecule has 0 bridgehead atoms. The van der Waals surface area contributed by atoms with Crippen molar-refractivity contribution >= 4 is 0 Å². The van der Waals surface area contributed by atoms with Crippen molar-refractivity contribution in [3.05, 3.63) is 71.8 Å². The number of nitrogens with zero attached hydrogens (tertiary/aromatic N) is 1. The molecule has 24 heavy (non-hydrogen) atoms. The lowest BCUT2D eigenvalue weighted by Crippen LogP contribution is -2.39. The van der Waals surface area contributed by atoms with Crippen molar-refractivity contribution in [3.63, 3.8) is 0 Å². The van der Waals surface area contributed by atoms with Gasteiger partial charge in [-0.3, -0.25) is 0 Å². The van der Waals surface area contributed by atoms with Gasteiger partial charge in [0.05, 0.1) is 18.8 Å². The summed E-state index contributed by atoms with van der Waals surface area (Å²) in [5, 5.41) is 0. The average molecular weight is 325 g/mol. The van der Waals surface area contributed by atoms with Crippen LogP contribution in [0.15, 0.2) is 60.7 Å². The average Bonchev–Trinajstić information content (AvgIpc) is 2.67. The van der Waals surface area contributed by atoms with E-state index in [0.717, 1.165) is 39.1 Å². The highest BCUT2D eigenvalue weighted by Gasteiger charge is 2.22. The second-order valence-corrected chi connectivity index (χ2v) is 6.43. The van der Waals surface area contributed by atoms with Crippen molar-refractivity contribution in [1.82, 2.24) is 4.90 Å². The fourth-order valence-corrected chi connectivity index (χ4v) is 3.27. The Morgan fingerprint density at radius 2 is 1.58 bits per heavy atom. The van der Waals surface area contributed by atoms with E-state index in [4.69, 9.17) is 9.47 Å². The standard InChI is InChI=1S/C21H27NO2/c1-23-21(19-10-6-3-7-11-19)16-22-14-12-20(13-15-22)24-17-18-8-4-2-5-9-18/h2-11,20-21H,12-17H2,1H3. The molecule has 2 aromatic carbocycles. The summed E-state index contributed by atoms with van der Waals surface area (Å²) in [4.78, 5) is 2.49. The molecule has 1 aliphatic heterocycles. The van der Waals surface area contributed by atoms with Crippen LogP contribution in [0.1, 0.15) is 30.1 Å². The minimum atomic E-state index is 0.146. The first-order valence-corrected chi connectivity index (χ1v) is 8.81. The Hall–Kier alpha value is -1.68. The van der Waals surface area contributed by atoms with Gasteiger partial charge in [-0.2, -0.15) is 0 Å². The van der Waals surface area contributed by atoms with Gasteiger partial charge < -0.3 is 14.4 Å². The van der Waals surface area contributed by atoms with E-state index in [2.05, 4.69) is 53.4 Å². The van der Waals surface area contributed by atoms with E-state index >= 15 is 0 Å². The maximum absolute atomic E-state index is 6.08. The lowest BCUT2D eigenvalue weighted by Gasteiger charge is -2.34. The van der Waals surface area contributed by atoms with Crippen LogP contribution in [0.3, 0.4) is 0 Å². The lowest BCUT2D eigenvalue weighted by atomic mass is 10.0. The molecule has 2 aromatic rings. The van der Waals surface area contributed by atoms with E-state index in [0.29, 0.717) is 6.10 Å². The number of ether oxygens (including phenoxy) is 2. The van der Waals surface area contributed by atoms with Crippen molar-refractivity contribution in [3.8, 4) is 0 Å². The molecule has 1 fully saturated rings. The first-order chi connectivity index (χ1) is 11.8. The molecule has 1 unspecified atom stereocenters. The number of rotatable bonds is 7. The predicted octanol–water partition coefficient (Wildman–Crippen LogP) is 4.06. The van der Waals surface area contributed by atoms with Gasteiger partial charge in [0.15, 0.2) is 0 Å². The number of likely N-dealkylation sites (tertiary alicyclic amines) is 1. The number of hydrogen-bond acceptors (Lipinski definition) is 3. The van der Waals surface area contributed by atoms with E-state index < -0.39 is 0 Å². The normalized spacial score (nSPS) is 17.7. The summed E-state index contributed by atoms with van der Waals surface area (Å²) in [7, 11) is 1.80. The fourth-order valence-electron chi connectivity index (χ4n) is 3.27. The lowest BCUT2D eigenvalue weighted by molar-refractivity contribution is -0.0155. The molecule has 128 valence electrons. The van der Waals surface area contributed by atoms with Crippen molar-refractivity contribution in [1.29, 1.82) is 0 Å². The Kier molecular flexibility index (Phi) is 6.41. The number of hydrogen-bond donors (Lipinski definition) is 0. The largest absolute Gasteiger partial charge is 0.375 e. The molecule has 1 heterocycles. The number of piperidine rings is 1. The van der Waals surface area contributed by atoms with Crippen molar-refractivity contribution in [2.75, 3.05) is 26.7 Å². The summed E-state index contributed by atoms with van der Waals surface area (Å²) < 4.78 is 11.8. The molecule has 3 nitrogen and oxygen atoms in total. The van der Waals surface area contributed by atoms with E-state index in [-0.39, 0.29) is 6.10 Å². The minimum Gasteiger partial charge on any atom is -0.375 e. The third-order valence-corrected chi connectivity index (χ3v) is 4.74. The third kappa shape index (κ3) is 4.91. The van der Waals surface area contributed by atoms with Gasteiger partial charge >= 0.3 is 0 Å². The quantitative estimate of drug-likeness (QED) is 0.766. The molecule has 0 spiro atoms. The molecular weight excluding hydrogens is 298 g/mol. The van der Waals surface area contributed by atoms with E-state index in [1.165, 1.54) is 11.1 Å². The zero-order chi connectivity index (χ0) is 16.6. The first-order valence-electron chi connectivity index (χ1n) is 8.81. The Morgan fingerprint density at radius 1 is 0.958 bits per heavy atom. The molecule has 3 heteroatoms. The third-order valence-electron chi connectivity index (χ3n) is 4.74. The molecule has 0 saturated carbocycles. The van der Waals surface area contributed by atoms with Crippen LogP contribution in [0.4, 0.5) is 0 Å². The fraction of sp³-hybridized carbons (Fsp3) is 0.429. The highest BCUT2D eigenvalue weighted by Crippen LogP contribution is 2.21. The topological polar surface area (TPSA) is 21.7 Å². The zero-order valence-corrected chi connectivity index (χ0v) is 14.4. The van der Waals surface area contributed by atoms with E-state index in [9.17, 15) is 0 Å². The van der Waals surface area contributed by atoms with Crippen molar-refractivity contribution in [2.24, 2.45) is 0 Å². The van der Waals surface area contributed by atoms with Gasteiger partial charge in [-0.1, -0.05) is 60.7 Å². The molecular formula is C21H27NO2. The molecule has 1 aliphatic rings. The smallest absolute Gasteiger partial charge is 0.0947 e. The van der Waals surface area contributed by atoms with Crippen molar-refractivity contribution < 1.29 is 9.47 Å². The van der Waals surface area contributed by atoms with Crippen LogP contribution in [0.2, 0.25) is 0 Å². The summed E-state index contributed by atoms with van der Waals surface area (Å²) in [6.07, 6.45) is 2.71. The molecule has 1 atom stereocenters. The zero-order valence-electron chi connectivity index (χ0n) is 14.4. The van der Waals surface area contributed by atoms with E-state index in [1.54, 1.807) is 7.11 Å². The monoisotopic (exact) mass is 325 g/mol. The molecule has 1 saturated heterocycles. The predicted molar refractivity (Wildman–Crippen MR) is 96.9 cm³/mol. The van der Waals surface area contributed by atoms with Gasteiger partial charge in [0.2, 0.25) is 0 Å². The highest BCUT2D eigenvalue weighted by atomic mass is 16.5. The van der Waals surface area contributed by atoms with Gasteiger partial charge in [0.1, 0.15) is 0 Å². The molecule has 0 aromatic heterocycles. The Balaban J connectivity index is 1.43. The summed E-state index contributed by atoms with van der Waals surface area (Å²) >= 11 is 0. The van der Waals surface area contributed by atoms with E-state index in [1.807, 2.05) is 12.1 Å². The van der Waals surface area contributed by atoms with Crippen LogP contribution in [0.25, 0.3) is 0 Å². The maximum Gasteiger partial charge on any atom is 0.0947 e. The van der Waals surface area contributed by atoms with Gasteiger partial charge in [0, 0.05) is 26.7 Å². The van der Waals surface area contributed by atoms with Gasteiger partial charge in [0.25, 0.3) is 0 Å². The summed E-state index contributed by atoms with van der Waals surface area (Å²) in [6.45, 7) is 3.82. The Bertz CT molecular complexity index is 579. The van der Waals surface area contributed by atoms with Gasteiger partial charge in [-0.05, 0) is 24.0 Å². The SMILES string of the molecule is COC(CN1CCC(OCc2ccccc2)CC1)c1ccccc1. The van der Waals surface area contributed by atoms with Crippen LogP contribution >= 0.6 is 0 Å². The van der Waals surface area contributed by atoms with Gasteiger partial charge in [-0.25, -0.2) is 0 Å².